The maximum Gasteiger partial charge on any atom is 0.341 e. The van der Waals surface area contributed by atoms with Gasteiger partial charge in [-0.05, 0) is 24.3 Å². The molecule has 0 aliphatic rings. The number of rotatable bonds is 2. The molecule has 4 heteroatoms. The van der Waals surface area contributed by atoms with Crippen molar-refractivity contribution in [2.75, 3.05) is 0 Å². The Morgan fingerprint density at radius 2 is 1.59 bits per heavy atom. The van der Waals surface area contributed by atoms with Crippen molar-refractivity contribution in [1.82, 2.24) is 4.98 Å². The van der Waals surface area contributed by atoms with Crippen LogP contribution in [0.4, 0.5) is 11.7 Å². The van der Waals surface area contributed by atoms with Gasteiger partial charge in [-0.25, -0.2) is 0 Å². The van der Waals surface area contributed by atoms with Gasteiger partial charge in [-0.15, -0.1) is 5.11 Å². The third-order valence-corrected chi connectivity index (χ3v) is 2.29. The zero-order valence-electron chi connectivity index (χ0n) is 8.95. The summed E-state index contributed by atoms with van der Waals surface area (Å²) in [5, 5.41) is 8.00. The van der Waals surface area contributed by atoms with Crippen LogP contribution in [0.5, 0.6) is 0 Å². The second-order valence-electron chi connectivity index (χ2n) is 3.50. The van der Waals surface area contributed by atoms with E-state index in [2.05, 4.69) is 15.2 Å². The molecule has 17 heavy (non-hydrogen) atoms. The van der Waals surface area contributed by atoms with E-state index in [1.165, 1.54) is 0 Å². The third kappa shape index (κ3) is 2.06. The minimum Gasteiger partial charge on any atom is -0.421 e. The second-order valence-corrected chi connectivity index (χ2v) is 3.50. The van der Waals surface area contributed by atoms with Gasteiger partial charge in [-0.3, -0.25) is 0 Å². The summed E-state index contributed by atoms with van der Waals surface area (Å²) in [6.07, 6.45) is 0. The van der Waals surface area contributed by atoms with Crippen LogP contribution < -0.4 is 0 Å². The predicted octanol–water partition coefficient (Wildman–Crippen LogP) is 4.24. The molecule has 82 valence electrons. The number of benzene rings is 2. The molecule has 0 aliphatic heterocycles. The van der Waals surface area contributed by atoms with E-state index in [9.17, 15) is 0 Å². The summed E-state index contributed by atoms with van der Waals surface area (Å²) in [6, 6.07) is 17.3. The molecule has 0 spiro atoms. The Labute approximate surface area is 97.6 Å². The zero-order valence-corrected chi connectivity index (χ0v) is 8.95. The predicted molar refractivity (Wildman–Crippen MR) is 64.6 cm³/mol. The molecule has 0 N–H and O–H groups in total. The fourth-order valence-electron chi connectivity index (χ4n) is 1.50. The van der Waals surface area contributed by atoms with Gasteiger partial charge in [0.05, 0.1) is 5.69 Å². The van der Waals surface area contributed by atoms with Crippen LogP contribution in [0.15, 0.2) is 69.2 Å². The molecule has 0 amide bonds. The average molecular weight is 223 g/mol. The molecule has 0 radical (unpaired) electrons. The molecule has 0 fully saturated rings. The van der Waals surface area contributed by atoms with Crippen LogP contribution in [-0.4, -0.2) is 4.98 Å². The molecule has 2 aromatic carbocycles. The molecule has 1 aromatic heterocycles. The smallest absolute Gasteiger partial charge is 0.341 e. The number of hydrogen-bond donors (Lipinski definition) is 0. The lowest BCUT2D eigenvalue weighted by atomic mass is 10.3. The minimum atomic E-state index is 0.273. The average Bonchev–Trinajstić information content (AvgIpc) is 2.80. The number of nitrogens with zero attached hydrogens (tertiary/aromatic N) is 3. The van der Waals surface area contributed by atoms with Gasteiger partial charge in [0.2, 0.25) is 0 Å². The van der Waals surface area contributed by atoms with Crippen molar-refractivity contribution in [2.24, 2.45) is 10.2 Å². The van der Waals surface area contributed by atoms with Crippen molar-refractivity contribution in [3.63, 3.8) is 0 Å². The molecule has 0 saturated carbocycles. The number of azo groups is 1. The van der Waals surface area contributed by atoms with E-state index >= 15 is 0 Å². The van der Waals surface area contributed by atoms with Crippen LogP contribution in [0.3, 0.4) is 0 Å². The monoisotopic (exact) mass is 223 g/mol. The van der Waals surface area contributed by atoms with Crippen molar-refractivity contribution in [1.29, 1.82) is 0 Å². The molecule has 0 saturated heterocycles. The summed E-state index contributed by atoms with van der Waals surface area (Å²) in [4.78, 5) is 4.20. The van der Waals surface area contributed by atoms with E-state index in [0.717, 1.165) is 16.8 Å². The van der Waals surface area contributed by atoms with E-state index in [0.29, 0.717) is 0 Å². The highest BCUT2D eigenvalue weighted by molar-refractivity contribution is 5.73. The van der Waals surface area contributed by atoms with Gasteiger partial charge in [0, 0.05) is 0 Å². The molecule has 0 aliphatic carbocycles. The van der Waals surface area contributed by atoms with E-state index < -0.39 is 0 Å². The second kappa shape index (κ2) is 4.17. The van der Waals surface area contributed by atoms with Crippen molar-refractivity contribution in [3.05, 3.63) is 54.6 Å². The first-order valence-corrected chi connectivity index (χ1v) is 5.24. The van der Waals surface area contributed by atoms with Crippen LogP contribution in [0.25, 0.3) is 11.1 Å². The van der Waals surface area contributed by atoms with Crippen molar-refractivity contribution in [3.8, 4) is 0 Å². The SMILES string of the molecule is c1ccc(N=Nc2nc3ccccc3o2)cc1. The maximum absolute atomic E-state index is 5.42. The summed E-state index contributed by atoms with van der Waals surface area (Å²) >= 11 is 0. The van der Waals surface area contributed by atoms with E-state index in [1.54, 1.807) is 0 Å². The Hall–Kier alpha value is -2.49. The van der Waals surface area contributed by atoms with E-state index in [-0.39, 0.29) is 6.01 Å². The Morgan fingerprint density at radius 1 is 0.824 bits per heavy atom. The molecule has 3 rings (SSSR count). The topological polar surface area (TPSA) is 50.8 Å². The lowest BCUT2D eigenvalue weighted by Crippen LogP contribution is -1.64. The largest absolute Gasteiger partial charge is 0.421 e. The van der Waals surface area contributed by atoms with Crippen molar-refractivity contribution >= 4 is 22.8 Å². The van der Waals surface area contributed by atoms with Gasteiger partial charge in [0.25, 0.3) is 0 Å². The normalized spacial score (nSPS) is 11.3. The Morgan fingerprint density at radius 3 is 2.41 bits per heavy atom. The Balaban J connectivity index is 1.92. The molecule has 4 nitrogen and oxygen atoms in total. The summed E-state index contributed by atoms with van der Waals surface area (Å²) in [5.41, 5.74) is 2.28. The molecular weight excluding hydrogens is 214 g/mol. The van der Waals surface area contributed by atoms with E-state index in [4.69, 9.17) is 4.42 Å². The fraction of sp³-hybridized carbons (Fsp3) is 0. The van der Waals surface area contributed by atoms with Crippen molar-refractivity contribution < 1.29 is 4.42 Å². The summed E-state index contributed by atoms with van der Waals surface area (Å²) in [7, 11) is 0. The zero-order chi connectivity index (χ0) is 11.5. The first-order valence-electron chi connectivity index (χ1n) is 5.24. The molecule has 0 atom stereocenters. The summed E-state index contributed by atoms with van der Waals surface area (Å²) < 4.78 is 5.42. The summed E-state index contributed by atoms with van der Waals surface area (Å²) in [6.45, 7) is 0. The van der Waals surface area contributed by atoms with Crippen molar-refractivity contribution in [2.45, 2.75) is 0 Å². The highest BCUT2D eigenvalue weighted by Crippen LogP contribution is 2.22. The standard InChI is InChI=1S/C13H9N3O/c1-2-6-10(7-3-1)15-16-13-14-11-8-4-5-9-12(11)17-13/h1-9H. The van der Waals surface area contributed by atoms with Crippen LogP contribution in [0.2, 0.25) is 0 Å². The molecule has 0 bridgehead atoms. The first kappa shape index (κ1) is 9.72. The lowest BCUT2D eigenvalue weighted by molar-refractivity contribution is 0.606. The molecule has 3 aromatic rings. The highest BCUT2D eigenvalue weighted by Gasteiger charge is 2.02. The summed E-state index contributed by atoms with van der Waals surface area (Å²) in [5.74, 6) is 0. The number of fused-ring (bicyclic) bond motifs is 1. The van der Waals surface area contributed by atoms with Crippen LogP contribution in [0, 0.1) is 0 Å². The highest BCUT2D eigenvalue weighted by atomic mass is 16.4. The van der Waals surface area contributed by atoms with E-state index in [1.807, 2.05) is 54.6 Å². The number of para-hydroxylation sites is 2. The van der Waals surface area contributed by atoms with Gasteiger partial charge in [-0.1, -0.05) is 35.4 Å². The Kier molecular flexibility index (Phi) is 2.38. The number of aromatic nitrogens is 1. The number of oxazole rings is 1. The lowest BCUT2D eigenvalue weighted by Gasteiger charge is -1.87. The molecular formula is C13H9N3O. The first-order chi connectivity index (χ1) is 8.42. The van der Waals surface area contributed by atoms with Gasteiger partial charge in [0.1, 0.15) is 5.52 Å². The van der Waals surface area contributed by atoms with Crippen LogP contribution in [0.1, 0.15) is 0 Å². The van der Waals surface area contributed by atoms with Gasteiger partial charge in [0.15, 0.2) is 5.58 Å². The third-order valence-electron chi connectivity index (χ3n) is 2.29. The molecule has 0 unspecified atom stereocenters. The van der Waals surface area contributed by atoms with Crippen LogP contribution in [-0.2, 0) is 0 Å². The van der Waals surface area contributed by atoms with Crippen LogP contribution >= 0.6 is 0 Å². The van der Waals surface area contributed by atoms with Gasteiger partial charge >= 0.3 is 6.01 Å². The quantitative estimate of drug-likeness (QED) is 0.610. The fourth-order valence-corrected chi connectivity index (χ4v) is 1.50. The maximum atomic E-state index is 5.42. The number of hydrogen-bond acceptors (Lipinski definition) is 4. The minimum absolute atomic E-state index is 0.273. The Bertz CT molecular complexity index is 625. The molecule has 1 heterocycles. The van der Waals surface area contributed by atoms with Gasteiger partial charge < -0.3 is 4.42 Å². The van der Waals surface area contributed by atoms with Gasteiger partial charge in [-0.2, -0.15) is 4.98 Å².